The summed E-state index contributed by atoms with van der Waals surface area (Å²) in [6, 6.07) is 9.17. The molecule has 0 aliphatic heterocycles. The molecule has 0 fully saturated rings. The van der Waals surface area contributed by atoms with Crippen LogP contribution in [0.1, 0.15) is 13.8 Å². The van der Waals surface area contributed by atoms with Crippen molar-refractivity contribution in [1.29, 1.82) is 0 Å². The minimum Gasteiger partial charge on any atom is -0.442 e. The number of para-hydroxylation sites is 1. The smallest absolute Gasteiger partial charge is 0.412 e. The number of anilines is 1. The Morgan fingerprint density at radius 3 is 2.53 bits per heavy atom. The average Bonchev–Trinajstić information content (AvgIpc) is 2.18. The van der Waals surface area contributed by atoms with E-state index in [0.717, 1.165) is 11.3 Å². The zero-order valence-electron chi connectivity index (χ0n) is 8.99. The molecular weight excluding hydrogens is 190 g/mol. The van der Waals surface area contributed by atoms with E-state index in [1.165, 1.54) is 0 Å². The van der Waals surface area contributed by atoms with Crippen molar-refractivity contribution in [2.45, 2.75) is 20.0 Å². The summed E-state index contributed by atoms with van der Waals surface area (Å²) in [5.74, 6) is 0. The first-order chi connectivity index (χ1) is 7.09. The molecule has 0 saturated carbocycles. The van der Waals surface area contributed by atoms with Crippen molar-refractivity contribution in [3.8, 4) is 0 Å². The molecule has 0 spiro atoms. The van der Waals surface area contributed by atoms with Crippen LogP contribution >= 0.6 is 0 Å². The van der Waals surface area contributed by atoms with Crippen molar-refractivity contribution in [3.63, 3.8) is 0 Å². The van der Waals surface area contributed by atoms with Crippen LogP contribution in [0.2, 0.25) is 0 Å². The fourth-order valence-corrected chi connectivity index (χ4v) is 0.930. The molecule has 80 valence electrons. The summed E-state index contributed by atoms with van der Waals surface area (Å²) >= 11 is 0. The third-order valence-electron chi connectivity index (χ3n) is 2.00. The number of amides is 1. The van der Waals surface area contributed by atoms with Gasteiger partial charge in [0, 0.05) is 5.69 Å². The van der Waals surface area contributed by atoms with Crippen LogP contribution in [0.15, 0.2) is 42.5 Å². The normalized spacial score (nSPS) is 11.6. The van der Waals surface area contributed by atoms with E-state index in [1.54, 1.807) is 19.1 Å². The standard InChI is InChI=1S/C12H15NO2/c1-9(2)10(3)15-12(14)13-11-7-5-4-6-8-11/h4-8,10H,1H2,2-3H3,(H,13,14). The molecule has 0 radical (unpaired) electrons. The molecule has 1 atom stereocenters. The predicted octanol–water partition coefficient (Wildman–Crippen LogP) is 3.20. The summed E-state index contributed by atoms with van der Waals surface area (Å²) in [6.45, 7) is 7.31. The molecule has 1 aromatic carbocycles. The van der Waals surface area contributed by atoms with Crippen LogP contribution in [0.25, 0.3) is 0 Å². The van der Waals surface area contributed by atoms with E-state index in [4.69, 9.17) is 4.74 Å². The molecule has 0 heterocycles. The van der Waals surface area contributed by atoms with E-state index in [9.17, 15) is 4.79 Å². The minimum atomic E-state index is -0.461. The summed E-state index contributed by atoms with van der Waals surface area (Å²) in [5, 5.41) is 2.63. The molecule has 1 unspecified atom stereocenters. The maximum absolute atomic E-state index is 11.4. The lowest BCUT2D eigenvalue weighted by molar-refractivity contribution is 0.137. The Bertz CT molecular complexity index is 346. The fraction of sp³-hybridized carbons (Fsp3) is 0.250. The van der Waals surface area contributed by atoms with Gasteiger partial charge in [0.05, 0.1) is 0 Å². The number of nitrogens with one attached hydrogen (secondary N) is 1. The Labute approximate surface area is 89.8 Å². The lowest BCUT2D eigenvalue weighted by Gasteiger charge is -2.13. The van der Waals surface area contributed by atoms with Crippen molar-refractivity contribution in [1.82, 2.24) is 0 Å². The van der Waals surface area contributed by atoms with Gasteiger partial charge in [0.1, 0.15) is 6.10 Å². The van der Waals surface area contributed by atoms with Crippen LogP contribution in [0, 0.1) is 0 Å². The highest BCUT2D eigenvalue weighted by atomic mass is 16.6. The SMILES string of the molecule is C=C(C)C(C)OC(=O)Nc1ccccc1. The number of hydrogen-bond acceptors (Lipinski definition) is 2. The van der Waals surface area contributed by atoms with Crippen LogP contribution in [0.4, 0.5) is 10.5 Å². The highest BCUT2D eigenvalue weighted by Gasteiger charge is 2.09. The molecule has 1 rings (SSSR count). The Morgan fingerprint density at radius 1 is 1.40 bits per heavy atom. The highest BCUT2D eigenvalue weighted by Crippen LogP contribution is 2.08. The van der Waals surface area contributed by atoms with Gasteiger partial charge in [0.15, 0.2) is 0 Å². The van der Waals surface area contributed by atoms with E-state index in [1.807, 2.05) is 25.1 Å². The van der Waals surface area contributed by atoms with Gasteiger partial charge in [0.25, 0.3) is 0 Å². The van der Waals surface area contributed by atoms with E-state index in [0.29, 0.717) is 0 Å². The largest absolute Gasteiger partial charge is 0.442 e. The van der Waals surface area contributed by atoms with Gasteiger partial charge in [-0.25, -0.2) is 4.79 Å². The van der Waals surface area contributed by atoms with E-state index >= 15 is 0 Å². The number of ether oxygens (including phenoxy) is 1. The fourth-order valence-electron chi connectivity index (χ4n) is 0.930. The average molecular weight is 205 g/mol. The number of hydrogen-bond donors (Lipinski definition) is 1. The number of carbonyl (C=O) groups is 1. The zero-order chi connectivity index (χ0) is 11.3. The van der Waals surface area contributed by atoms with E-state index < -0.39 is 6.09 Å². The third-order valence-corrected chi connectivity index (χ3v) is 2.00. The monoisotopic (exact) mass is 205 g/mol. The van der Waals surface area contributed by atoms with Gasteiger partial charge in [-0.2, -0.15) is 0 Å². The topological polar surface area (TPSA) is 38.3 Å². The molecule has 0 aliphatic rings. The molecule has 0 aromatic heterocycles. The minimum absolute atomic E-state index is 0.270. The first-order valence-corrected chi connectivity index (χ1v) is 4.77. The summed E-state index contributed by atoms with van der Waals surface area (Å²) in [6.07, 6.45) is -0.731. The highest BCUT2D eigenvalue weighted by molar-refractivity contribution is 5.84. The summed E-state index contributed by atoms with van der Waals surface area (Å²) in [5.41, 5.74) is 1.54. The molecule has 0 aliphatic carbocycles. The van der Waals surface area contributed by atoms with Crippen molar-refractivity contribution >= 4 is 11.8 Å². The molecule has 0 bridgehead atoms. The zero-order valence-corrected chi connectivity index (χ0v) is 8.99. The molecule has 1 N–H and O–H groups in total. The predicted molar refractivity (Wildman–Crippen MR) is 60.8 cm³/mol. The molecule has 15 heavy (non-hydrogen) atoms. The molecule has 1 amide bonds. The van der Waals surface area contributed by atoms with Crippen LogP contribution in [-0.4, -0.2) is 12.2 Å². The van der Waals surface area contributed by atoms with Crippen molar-refractivity contribution in [2.75, 3.05) is 5.32 Å². The van der Waals surface area contributed by atoms with Crippen molar-refractivity contribution in [3.05, 3.63) is 42.5 Å². The van der Waals surface area contributed by atoms with Crippen molar-refractivity contribution in [2.24, 2.45) is 0 Å². The first kappa shape index (κ1) is 11.3. The van der Waals surface area contributed by atoms with E-state index in [2.05, 4.69) is 11.9 Å². The van der Waals surface area contributed by atoms with Crippen LogP contribution in [-0.2, 0) is 4.74 Å². The van der Waals surface area contributed by atoms with Gasteiger partial charge in [-0.3, -0.25) is 5.32 Å². The second kappa shape index (κ2) is 5.20. The maximum atomic E-state index is 11.4. The molecule has 0 saturated heterocycles. The number of carbonyl (C=O) groups excluding carboxylic acids is 1. The summed E-state index contributed by atoms with van der Waals surface area (Å²) in [4.78, 5) is 11.4. The van der Waals surface area contributed by atoms with Crippen LogP contribution < -0.4 is 5.32 Å². The maximum Gasteiger partial charge on any atom is 0.412 e. The second-order valence-corrected chi connectivity index (χ2v) is 3.38. The van der Waals surface area contributed by atoms with Gasteiger partial charge in [-0.1, -0.05) is 24.8 Å². The van der Waals surface area contributed by atoms with E-state index in [-0.39, 0.29) is 6.10 Å². The van der Waals surface area contributed by atoms with Gasteiger partial charge < -0.3 is 4.74 Å². The third kappa shape index (κ3) is 3.85. The molecule has 3 nitrogen and oxygen atoms in total. The Morgan fingerprint density at radius 2 is 2.00 bits per heavy atom. The van der Waals surface area contributed by atoms with Gasteiger partial charge in [-0.05, 0) is 31.6 Å². The molecular formula is C12H15NO2. The first-order valence-electron chi connectivity index (χ1n) is 4.77. The molecule has 3 heteroatoms. The van der Waals surface area contributed by atoms with Crippen molar-refractivity contribution < 1.29 is 9.53 Å². The Hall–Kier alpha value is -1.77. The summed E-state index contributed by atoms with van der Waals surface area (Å²) < 4.78 is 5.07. The Balaban J connectivity index is 2.47. The van der Waals surface area contributed by atoms with Gasteiger partial charge in [0.2, 0.25) is 0 Å². The van der Waals surface area contributed by atoms with Gasteiger partial charge in [-0.15, -0.1) is 0 Å². The Kier molecular flexibility index (Phi) is 3.92. The lowest BCUT2D eigenvalue weighted by atomic mass is 10.2. The van der Waals surface area contributed by atoms with Crippen LogP contribution in [0.5, 0.6) is 0 Å². The summed E-state index contributed by atoms with van der Waals surface area (Å²) in [7, 11) is 0. The molecule has 1 aromatic rings. The van der Waals surface area contributed by atoms with Gasteiger partial charge >= 0.3 is 6.09 Å². The second-order valence-electron chi connectivity index (χ2n) is 3.38. The number of rotatable bonds is 3. The van der Waals surface area contributed by atoms with Crippen LogP contribution in [0.3, 0.4) is 0 Å². The number of benzene rings is 1. The lowest BCUT2D eigenvalue weighted by Crippen LogP contribution is -2.20. The quantitative estimate of drug-likeness (QED) is 0.769.